The Morgan fingerprint density at radius 2 is 1.87 bits per heavy atom. The molecular weight excluding hydrogens is 294 g/mol. The van der Waals surface area contributed by atoms with Crippen LogP contribution in [0.4, 0.5) is 5.69 Å². The van der Waals surface area contributed by atoms with E-state index in [1.807, 2.05) is 0 Å². The van der Waals surface area contributed by atoms with Gasteiger partial charge in [-0.2, -0.15) is 5.26 Å². The number of nitrogens with zero attached hydrogens (tertiary/aromatic N) is 5. The molecule has 0 unspecified atom stereocenters. The van der Waals surface area contributed by atoms with E-state index in [4.69, 9.17) is 15.0 Å². The molecular formula is C16H15N5O2. The summed E-state index contributed by atoms with van der Waals surface area (Å²) in [5.74, 6) is 1.09. The van der Waals surface area contributed by atoms with Gasteiger partial charge in [-0.1, -0.05) is 11.2 Å². The highest BCUT2D eigenvalue weighted by Gasteiger charge is 2.18. The number of azide groups is 1. The Bertz CT molecular complexity index is 849. The molecule has 2 aromatic rings. The number of hydrogen-bond donors (Lipinski definition) is 0. The van der Waals surface area contributed by atoms with Crippen LogP contribution in [0.1, 0.15) is 17.0 Å². The second-order valence-corrected chi connectivity index (χ2v) is 4.75. The highest BCUT2D eigenvalue weighted by atomic mass is 16.5. The number of ether oxygens (including phenoxy) is 2. The van der Waals surface area contributed by atoms with Crippen molar-refractivity contribution in [2.24, 2.45) is 5.11 Å². The molecule has 0 fully saturated rings. The molecule has 0 atom stereocenters. The lowest BCUT2D eigenvalue weighted by Crippen LogP contribution is -1.98. The average Bonchev–Trinajstić information content (AvgIpc) is 2.56. The molecule has 0 saturated carbocycles. The third kappa shape index (κ3) is 2.89. The summed E-state index contributed by atoms with van der Waals surface area (Å²) in [4.78, 5) is 7.14. The lowest BCUT2D eigenvalue weighted by molar-refractivity contribution is 0.355. The van der Waals surface area contributed by atoms with E-state index in [2.05, 4.69) is 21.1 Å². The number of pyridine rings is 1. The minimum atomic E-state index is 0.335. The maximum Gasteiger partial charge on any atom is 0.161 e. The Morgan fingerprint density at radius 3 is 2.43 bits per heavy atom. The van der Waals surface area contributed by atoms with E-state index in [1.165, 1.54) is 7.11 Å². The zero-order valence-corrected chi connectivity index (χ0v) is 13.3. The van der Waals surface area contributed by atoms with E-state index in [0.29, 0.717) is 45.3 Å². The van der Waals surface area contributed by atoms with Gasteiger partial charge in [0.1, 0.15) is 6.07 Å². The van der Waals surface area contributed by atoms with Crippen molar-refractivity contribution in [3.8, 4) is 28.7 Å². The molecule has 1 aromatic carbocycles. The Balaban J connectivity index is 2.86. The third-order valence-electron chi connectivity index (χ3n) is 3.46. The first-order chi connectivity index (χ1) is 11.1. The summed E-state index contributed by atoms with van der Waals surface area (Å²) in [5.41, 5.74) is 11.9. The molecule has 0 amide bonds. The zero-order valence-electron chi connectivity index (χ0n) is 13.3. The molecule has 2 rings (SSSR count). The molecule has 0 saturated heterocycles. The monoisotopic (exact) mass is 309 g/mol. The Hall–Kier alpha value is -3.23. The van der Waals surface area contributed by atoms with Crippen LogP contribution in [-0.2, 0) is 0 Å². The smallest absolute Gasteiger partial charge is 0.161 e. The van der Waals surface area contributed by atoms with E-state index in [9.17, 15) is 5.26 Å². The third-order valence-corrected chi connectivity index (χ3v) is 3.46. The fourth-order valence-corrected chi connectivity index (χ4v) is 2.42. The lowest BCUT2D eigenvalue weighted by atomic mass is 9.96. The van der Waals surface area contributed by atoms with Gasteiger partial charge in [-0.25, -0.2) is 0 Å². The number of aryl methyl sites for hydroxylation is 2. The minimum absolute atomic E-state index is 0.335. The van der Waals surface area contributed by atoms with Crippen LogP contribution in [0, 0.1) is 25.2 Å². The predicted molar refractivity (Wildman–Crippen MR) is 85.8 cm³/mol. The van der Waals surface area contributed by atoms with Crippen molar-refractivity contribution in [2.75, 3.05) is 14.2 Å². The highest BCUT2D eigenvalue weighted by molar-refractivity contribution is 5.84. The predicted octanol–water partition coefficient (Wildman–Crippen LogP) is 4.20. The molecule has 0 spiro atoms. The van der Waals surface area contributed by atoms with Gasteiger partial charge in [0.25, 0.3) is 0 Å². The molecule has 0 N–H and O–H groups in total. The van der Waals surface area contributed by atoms with Crippen LogP contribution in [0.2, 0.25) is 0 Å². The number of benzene rings is 1. The molecule has 0 aliphatic rings. The van der Waals surface area contributed by atoms with Crippen molar-refractivity contribution in [2.45, 2.75) is 13.8 Å². The number of hydrogen-bond acceptors (Lipinski definition) is 5. The molecule has 0 radical (unpaired) electrons. The maximum atomic E-state index is 9.49. The van der Waals surface area contributed by atoms with E-state index < -0.39 is 0 Å². The summed E-state index contributed by atoms with van der Waals surface area (Å²) in [6, 6.07) is 7.40. The molecule has 0 bridgehead atoms. The van der Waals surface area contributed by atoms with Gasteiger partial charge in [0, 0.05) is 16.2 Å². The zero-order chi connectivity index (χ0) is 17.0. The summed E-state index contributed by atoms with van der Waals surface area (Å²) in [6.45, 7) is 3.48. The molecule has 1 aromatic heterocycles. The molecule has 7 nitrogen and oxygen atoms in total. The van der Waals surface area contributed by atoms with Gasteiger partial charge >= 0.3 is 0 Å². The van der Waals surface area contributed by atoms with E-state index in [0.717, 1.165) is 0 Å². The maximum absolute atomic E-state index is 9.49. The normalized spacial score (nSPS) is 9.70. The van der Waals surface area contributed by atoms with E-state index in [1.54, 1.807) is 39.2 Å². The van der Waals surface area contributed by atoms with Gasteiger partial charge in [0.05, 0.1) is 31.2 Å². The lowest BCUT2D eigenvalue weighted by Gasteiger charge is -2.14. The topological polar surface area (TPSA) is 104 Å². The Labute approximate surface area is 133 Å². The van der Waals surface area contributed by atoms with Crippen molar-refractivity contribution in [1.29, 1.82) is 5.26 Å². The average molecular weight is 309 g/mol. The van der Waals surface area contributed by atoms with Crippen molar-refractivity contribution in [3.63, 3.8) is 0 Å². The summed E-state index contributed by atoms with van der Waals surface area (Å²) < 4.78 is 10.5. The summed E-state index contributed by atoms with van der Waals surface area (Å²) in [5, 5.41) is 13.2. The fourth-order valence-electron chi connectivity index (χ4n) is 2.42. The van der Waals surface area contributed by atoms with Crippen LogP contribution in [0.25, 0.3) is 21.6 Å². The van der Waals surface area contributed by atoms with Crippen molar-refractivity contribution < 1.29 is 9.47 Å². The largest absolute Gasteiger partial charge is 0.493 e. The van der Waals surface area contributed by atoms with Gasteiger partial charge in [-0.05, 0) is 37.1 Å². The number of rotatable bonds is 4. The molecule has 1 heterocycles. The molecule has 7 heteroatoms. The highest BCUT2D eigenvalue weighted by Crippen LogP contribution is 2.40. The van der Waals surface area contributed by atoms with Crippen LogP contribution >= 0.6 is 0 Å². The molecule has 116 valence electrons. The first-order valence-electron chi connectivity index (χ1n) is 6.76. The minimum Gasteiger partial charge on any atom is -0.493 e. The molecule has 23 heavy (non-hydrogen) atoms. The quantitative estimate of drug-likeness (QED) is 0.479. The van der Waals surface area contributed by atoms with Gasteiger partial charge in [-0.15, -0.1) is 0 Å². The van der Waals surface area contributed by atoms with Gasteiger partial charge in [-0.3, -0.25) is 4.98 Å². The second kappa shape index (κ2) is 6.69. The SMILES string of the molecule is COc1ccc(-c2c(C#N)c(C)nc(C)c2N=[N+]=[N-])cc1OC. The van der Waals surface area contributed by atoms with Crippen LogP contribution in [0.3, 0.4) is 0 Å². The number of nitriles is 1. The van der Waals surface area contributed by atoms with E-state index >= 15 is 0 Å². The van der Waals surface area contributed by atoms with Gasteiger partial charge in [0.2, 0.25) is 0 Å². The summed E-state index contributed by atoms with van der Waals surface area (Å²) in [7, 11) is 3.08. The van der Waals surface area contributed by atoms with Gasteiger partial charge in [0.15, 0.2) is 11.5 Å². The first kappa shape index (κ1) is 16.1. The molecule has 0 aliphatic heterocycles. The van der Waals surface area contributed by atoms with Gasteiger partial charge < -0.3 is 9.47 Å². The van der Waals surface area contributed by atoms with E-state index in [-0.39, 0.29) is 0 Å². The Morgan fingerprint density at radius 1 is 1.17 bits per heavy atom. The summed E-state index contributed by atoms with van der Waals surface area (Å²) >= 11 is 0. The van der Waals surface area contributed by atoms with Crippen LogP contribution in [0.5, 0.6) is 11.5 Å². The number of aromatic nitrogens is 1. The van der Waals surface area contributed by atoms with Crippen LogP contribution in [-0.4, -0.2) is 19.2 Å². The first-order valence-corrected chi connectivity index (χ1v) is 6.76. The van der Waals surface area contributed by atoms with Crippen molar-refractivity contribution in [3.05, 3.63) is 45.6 Å². The van der Waals surface area contributed by atoms with Crippen molar-refractivity contribution >= 4 is 5.69 Å². The number of methoxy groups -OCH3 is 2. The summed E-state index contributed by atoms with van der Waals surface area (Å²) in [6.07, 6.45) is 0. The van der Waals surface area contributed by atoms with Crippen molar-refractivity contribution in [1.82, 2.24) is 4.98 Å². The second-order valence-electron chi connectivity index (χ2n) is 4.75. The van der Waals surface area contributed by atoms with Crippen LogP contribution < -0.4 is 9.47 Å². The molecule has 0 aliphatic carbocycles. The Kier molecular flexibility index (Phi) is 4.69. The fraction of sp³-hybridized carbons (Fsp3) is 0.250. The standard InChI is InChI=1S/C16H15N5O2/c1-9-12(8-17)15(16(20-21-18)10(2)19-9)11-5-6-13(22-3)14(7-11)23-4/h5-7H,1-4H3. The van der Waals surface area contributed by atoms with Crippen LogP contribution in [0.15, 0.2) is 23.3 Å².